The summed E-state index contributed by atoms with van der Waals surface area (Å²) >= 11 is 0. The van der Waals surface area contributed by atoms with Gasteiger partial charge in [0.25, 0.3) is 5.56 Å². The fourth-order valence-electron chi connectivity index (χ4n) is 1.76. The lowest BCUT2D eigenvalue weighted by Gasteiger charge is -2.20. The molecule has 2 aromatic rings. The molecule has 0 fully saturated rings. The van der Waals surface area contributed by atoms with Gasteiger partial charge in [-0.2, -0.15) is 0 Å². The van der Waals surface area contributed by atoms with Gasteiger partial charge in [0.05, 0.1) is 5.69 Å². The van der Waals surface area contributed by atoms with Crippen molar-refractivity contribution in [2.45, 2.75) is 32.9 Å². The van der Waals surface area contributed by atoms with Crippen molar-refractivity contribution >= 4 is 0 Å². The maximum atomic E-state index is 11.7. The maximum absolute atomic E-state index is 11.7. The Balaban J connectivity index is 2.34. The number of hydrogen-bond donors (Lipinski definition) is 4. The first-order chi connectivity index (χ1) is 9.74. The predicted molar refractivity (Wildman–Crippen MR) is 80.2 cm³/mol. The summed E-state index contributed by atoms with van der Waals surface area (Å²) in [5.41, 5.74) is 0.788. The van der Waals surface area contributed by atoms with Crippen LogP contribution < -0.4 is 10.9 Å². The molecule has 112 valence electrons. The summed E-state index contributed by atoms with van der Waals surface area (Å²) in [6.45, 7) is 6.54. The van der Waals surface area contributed by atoms with Gasteiger partial charge in [-0.05, 0) is 39.0 Å². The second kappa shape index (κ2) is 5.57. The zero-order chi connectivity index (χ0) is 15.6. The van der Waals surface area contributed by atoms with E-state index in [0.717, 1.165) is 0 Å². The van der Waals surface area contributed by atoms with E-state index in [1.165, 1.54) is 18.2 Å². The van der Waals surface area contributed by atoms with E-state index in [1.807, 2.05) is 20.8 Å². The molecule has 1 aromatic heterocycles. The van der Waals surface area contributed by atoms with Crippen LogP contribution in [0.3, 0.4) is 0 Å². The average Bonchev–Trinajstić information content (AvgIpc) is 2.38. The van der Waals surface area contributed by atoms with Crippen LogP contribution in [0.15, 0.2) is 29.1 Å². The highest BCUT2D eigenvalue weighted by Gasteiger charge is 2.11. The third-order valence-corrected chi connectivity index (χ3v) is 2.84. The Morgan fingerprint density at radius 3 is 2.52 bits per heavy atom. The van der Waals surface area contributed by atoms with Crippen LogP contribution in [0, 0.1) is 0 Å². The monoisotopic (exact) mass is 289 g/mol. The third kappa shape index (κ3) is 4.06. The van der Waals surface area contributed by atoms with Crippen molar-refractivity contribution in [3.63, 3.8) is 0 Å². The molecule has 0 radical (unpaired) electrons. The van der Waals surface area contributed by atoms with Crippen LogP contribution in [0.2, 0.25) is 0 Å². The number of nitrogens with one attached hydrogen (secondary N) is 2. The number of phenols is 2. The molecule has 1 heterocycles. The first-order valence-corrected chi connectivity index (χ1v) is 6.62. The Hall–Kier alpha value is -2.34. The number of nitrogens with zero attached hydrogens (tertiary/aromatic N) is 1. The van der Waals surface area contributed by atoms with Gasteiger partial charge in [-0.3, -0.25) is 4.79 Å². The number of aromatic hydroxyl groups is 2. The minimum Gasteiger partial charge on any atom is -0.504 e. The lowest BCUT2D eigenvalue weighted by Crippen LogP contribution is -2.35. The minimum atomic E-state index is -0.265. The number of H-pyrrole nitrogens is 1. The van der Waals surface area contributed by atoms with Gasteiger partial charge in [-0.1, -0.05) is 0 Å². The number of aromatic amines is 1. The van der Waals surface area contributed by atoms with E-state index >= 15 is 0 Å². The number of phenolic OH excluding ortho intramolecular Hbond substituents is 2. The second-order valence-corrected chi connectivity index (χ2v) is 5.89. The van der Waals surface area contributed by atoms with Crippen LogP contribution in [-0.4, -0.2) is 25.7 Å². The van der Waals surface area contributed by atoms with Crippen molar-refractivity contribution in [3.8, 4) is 22.9 Å². The van der Waals surface area contributed by atoms with Crippen LogP contribution in [-0.2, 0) is 6.54 Å². The van der Waals surface area contributed by atoms with Gasteiger partial charge in [-0.25, -0.2) is 4.98 Å². The smallest absolute Gasteiger partial charge is 0.251 e. The molecule has 0 saturated heterocycles. The van der Waals surface area contributed by atoms with Gasteiger partial charge in [0.15, 0.2) is 11.5 Å². The van der Waals surface area contributed by atoms with E-state index in [4.69, 9.17) is 0 Å². The quantitative estimate of drug-likeness (QED) is 0.645. The molecular weight excluding hydrogens is 270 g/mol. The highest BCUT2D eigenvalue weighted by atomic mass is 16.3. The molecule has 1 aromatic carbocycles. The molecule has 0 spiro atoms. The molecule has 0 bridgehead atoms. The maximum Gasteiger partial charge on any atom is 0.251 e. The lowest BCUT2D eigenvalue weighted by molar-refractivity contribution is 0.404. The molecule has 21 heavy (non-hydrogen) atoms. The Bertz CT molecular complexity index is 702. The summed E-state index contributed by atoms with van der Waals surface area (Å²) in [6.07, 6.45) is 0. The highest BCUT2D eigenvalue weighted by Crippen LogP contribution is 2.28. The van der Waals surface area contributed by atoms with Gasteiger partial charge in [-0.15, -0.1) is 0 Å². The fraction of sp³-hybridized carbons (Fsp3) is 0.333. The molecule has 0 atom stereocenters. The Kier molecular flexibility index (Phi) is 3.99. The van der Waals surface area contributed by atoms with Crippen LogP contribution in [0.1, 0.15) is 26.5 Å². The second-order valence-electron chi connectivity index (χ2n) is 5.89. The standard InChI is InChI=1S/C15H19N3O3/c1-15(2,3)16-8-10-7-13(21)18-14(17-10)9-4-5-11(19)12(20)6-9/h4-7,16,19-20H,8H2,1-3H3,(H,17,18,21). The number of benzene rings is 1. The molecular formula is C15H19N3O3. The Labute approximate surface area is 122 Å². The molecule has 4 N–H and O–H groups in total. The summed E-state index contributed by atoms with van der Waals surface area (Å²) in [4.78, 5) is 18.7. The van der Waals surface area contributed by atoms with Crippen molar-refractivity contribution < 1.29 is 10.2 Å². The lowest BCUT2D eigenvalue weighted by atomic mass is 10.1. The molecule has 0 aliphatic carbocycles. The minimum absolute atomic E-state index is 0.0821. The molecule has 6 heteroatoms. The van der Waals surface area contributed by atoms with E-state index in [0.29, 0.717) is 23.6 Å². The van der Waals surface area contributed by atoms with Gasteiger partial charge < -0.3 is 20.5 Å². The summed E-state index contributed by atoms with van der Waals surface area (Å²) in [6, 6.07) is 5.72. The van der Waals surface area contributed by atoms with Crippen LogP contribution in [0.4, 0.5) is 0 Å². The first kappa shape index (κ1) is 15.1. The Morgan fingerprint density at radius 2 is 1.90 bits per heavy atom. The van der Waals surface area contributed by atoms with Crippen LogP contribution in [0.25, 0.3) is 11.4 Å². The van der Waals surface area contributed by atoms with Gasteiger partial charge in [0.2, 0.25) is 0 Å². The van der Waals surface area contributed by atoms with Crippen molar-refractivity contribution in [3.05, 3.63) is 40.3 Å². The summed E-state index contributed by atoms with van der Waals surface area (Å²) in [7, 11) is 0. The highest BCUT2D eigenvalue weighted by molar-refractivity contribution is 5.60. The number of rotatable bonds is 3. The predicted octanol–water partition coefficient (Wildman–Crippen LogP) is 1.74. The van der Waals surface area contributed by atoms with E-state index in [1.54, 1.807) is 6.07 Å². The average molecular weight is 289 g/mol. The summed E-state index contributed by atoms with van der Waals surface area (Å²) in [5, 5.41) is 22.1. The van der Waals surface area contributed by atoms with Crippen molar-refractivity contribution in [2.24, 2.45) is 0 Å². The van der Waals surface area contributed by atoms with Crippen LogP contribution in [0.5, 0.6) is 11.5 Å². The van der Waals surface area contributed by atoms with Crippen molar-refractivity contribution in [2.75, 3.05) is 0 Å². The van der Waals surface area contributed by atoms with E-state index < -0.39 is 0 Å². The van der Waals surface area contributed by atoms with Crippen LogP contribution >= 0.6 is 0 Å². The molecule has 0 unspecified atom stereocenters. The first-order valence-electron chi connectivity index (χ1n) is 6.62. The number of aromatic nitrogens is 2. The van der Waals surface area contributed by atoms with Gasteiger partial charge in [0.1, 0.15) is 5.82 Å². The van der Waals surface area contributed by atoms with E-state index in [9.17, 15) is 15.0 Å². The Morgan fingerprint density at radius 1 is 1.19 bits per heavy atom. The normalized spacial score (nSPS) is 11.6. The molecule has 0 amide bonds. The third-order valence-electron chi connectivity index (χ3n) is 2.84. The molecule has 2 rings (SSSR count). The summed E-state index contributed by atoms with van der Waals surface area (Å²) < 4.78 is 0. The van der Waals surface area contributed by atoms with Crippen molar-refractivity contribution in [1.82, 2.24) is 15.3 Å². The molecule has 0 saturated carbocycles. The molecule has 6 nitrogen and oxygen atoms in total. The zero-order valence-electron chi connectivity index (χ0n) is 12.3. The summed E-state index contributed by atoms with van der Waals surface area (Å²) in [5.74, 6) is -0.122. The topological polar surface area (TPSA) is 98.2 Å². The van der Waals surface area contributed by atoms with Crippen molar-refractivity contribution in [1.29, 1.82) is 0 Å². The van der Waals surface area contributed by atoms with E-state index in [2.05, 4.69) is 15.3 Å². The van der Waals surface area contributed by atoms with E-state index in [-0.39, 0.29) is 22.6 Å². The SMILES string of the molecule is CC(C)(C)NCc1cc(=O)[nH]c(-c2ccc(O)c(O)c2)n1. The van der Waals surface area contributed by atoms with Gasteiger partial charge in [0, 0.05) is 23.7 Å². The molecule has 0 aliphatic heterocycles. The fourth-order valence-corrected chi connectivity index (χ4v) is 1.76. The largest absolute Gasteiger partial charge is 0.504 e. The zero-order valence-corrected chi connectivity index (χ0v) is 12.3. The molecule has 0 aliphatic rings. The van der Waals surface area contributed by atoms with Gasteiger partial charge >= 0.3 is 0 Å². The number of hydrogen-bond acceptors (Lipinski definition) is 5.